The van der Waals surface area contributed by atoms with Gasteiger partial charge in [-0.25, -0.2) is 0 Å². The molecule has 3 heteroatoms. The first-order valence-corrected chi connectivity index (χ1v) is 6.38. The standard InChI is InChI=1S/C15H21NO2/c1-10(2)16-14-6-5-13(18-4)7-12(14)8-15(16)11(3)9-17/h5-8,10-11,17H,9H2,1-4H3. The van der Waals surface area contributed by atoms with Crippen LogP contribution in [0.15, 0.2) is 24.3 Å². The van der Waals surface area contributed by atoms with Gasteiger partial charge >= 0.3 is 0 Å². The second-order valence-electron chi connectivity index (χ2n) is 5.04. The van der Waals surface area contributed by atoms with Gasteiger partial charge in [-0.15, -0.1) is 0 Å². The minimum atomic E-state index is 0.144. The third-order valence-electron chi connectivity index (χ3n) is 3.37. The molecule has 1 aromatic carbocycles. The molecule has 18 heavy (non-hydrogen) atoms. The van der Waals surface area contributed by atoms with Gasteiger partial charge in [0.25, 0.3) is 0 Å². The van der Waals surface area contributed by atoms with Crippen LogP contribution >= 0.6 is 0 Å². The van der Waals surface area contributed by atoms with E-state index in [1.165, 1.54) is 16.6 Å². The van der Waals surface area contributed by atoms with Crippen LogP contribution in [0.25, 0.3) is 10.9 Å². The van der Waals surface area contributed by atoms with Gasteiger partial charge < -0.3 is 14.4 Å². The molecule has 1 atom stereocenters. The molecule has 3 nitrogen and oxygen atoms in total. The Hall–Kier alpha value is -1.48. The molecule has 0 bridgehead atoms. The zero-order valence-electron chi connectivity index (χ0n) is 11.5. The van der Waals surface area contributed by atoms with Crippen molar-refractivity contribution < 1.29 is 9.84 Å². The molecular weight excluding hydrogens is 226 g/mol. The summed E-state index contributed by atoms with van der Waals surface area (Å²) in [5.74, 6) is 1.01. The maximum atomic E-state index is 9.38. The van der Waals surface area contributed by atoms with Crippen LogP contribution in [-0.4, -0.2) is 23.4 Å². The lowest BCUT2D eigenvalue weighted by Crippen LogP contribution is -2.10. The summed E-state index contributed by atoms with van der Waals surface area (Å²) in [6.45, 7) is 6.54. The topological polar surface area (TPSA) is 34.4 Å². The lowest BCUT2D eigenvalue weighted by atomic mass is 10.1. The van der Waals surface area contributed by atoms with Crippen LogP contribution in [0.1, 0.15) is 38.4 Å². The Balaban J connectivity index is 2.66. The summed E-state index contributed by atoms with van der Waals surface area (Å²) in [5, 5.41) is 10.5. The van der Waals surface area contributed by atoms with Crippen molar-refractivity contribution in [2.24, 2.45) is 0 Å². The minimum Gasteiger partial charge on any atom is -0.497 e. The van der Waals surface area contributed by atoms with Gasteiger partial charge in [-0.3, -0.25) is 0 Å². The lowest BCUT2D eigenvalue weighted by molar-refractivity contribution is 0.268. The fourth-order valence-electron chi connectivity index (χ4n) is 2.41. The molecular formula is C15H21NO2. The Kier molecular flexibility index (Phi) is 3.62. The highest BCUT2D eigenvalue weighted by molar-refractivity contribution is 5.83. The van der Waals surface area contributed by atoms with Crippen molar-refractivity contribution in [3.05, 3.63) is 30.0 Å². The van der Waals surface area contributed by atoms with Crippen molar-refractivity contribution in [1.29, 1.82) is 0 Å². The normalized spacial score (nSPS) is 13.2. The number of nitrogens with zero attached hydrogens (tertiary/aromatic N) is 1. The average Bonchev–Trinajstić information content (AvgIpc) is 2.75. The molecule has 2 rings (SSSR count). The monoisotopic (exact) mass is 247 g/mol. The van der Waals surface area contributed by atoms with Crippen molar-refractivity contribution in [3.63, 3.8) is 0 Å². The molecule has 0 saturated heterocycles. The van der Waals surface area contributed by atoms with Crippen molar-refractivity contribution >= 4 is 10.9 Å². The molecule has 1 unspecified atom stereocenters. The predicted molar refractivity (Wildman–Crippen MR) is 74.4 cm³/mol. The summed E-state index contributed by atoms with van der Waals surface area (Å²) in [6, 6.07) is 8.64. The summed E-state index contributed by atoms with van der Waals surface area (Å²) < 4.78 is 7.55. The highest BCUT2D eigenvalue weighted by Gasteiger charge is 2.16. The molecule has 1 N–H and O–H groups in total. The first-order valence-electron chi connectivity index (χ1n) is 6.38. The fraction of sp³-hybridized carbons (Fsp3) is 0.467. The average molecular weight is 247 g/mol. The van der Waals surface area contributed by atoms with Crippen molar-refractivity contribution in [2.45, 2.75) is 32.7 Å². The van der Waals surface area contributed by atoms with Gasteiger partial charge in [0.1, 0.15) is 5.75 Å². The summed E-state index contributed by atoms with van der Waals surface area (Å²) in [4.78, 5) is 0. The molecule has 0 fully saturated rings. The molecule has 0 radical (unpaired) electrons. The molecule has 0 aliphatic heterocycles. The molecule has 2 aromatic rings. The Morgan fingerprint density at radius 1 is 1.22 bits per heavy atom. The van der Waals surface area contributed by atoms with Gasteiger partial charge in [-0.1, -0.05) is 6.92 Å². The Morgan fingerprint density at radius 3 is 2.50 bits per heavy atom. The first kappa shape index (κ1) is 13.0. The number of hydrogen-bond acceptors (Lipinski definition) is 2. The zero-order valence-corrected chi connectivity index (χ0v) is 11.5. The van der Waals surface area contributed by atoms with E-state index in [1.807, 2.05) is 19.1 Å². The van der Waals surface area contributed by atoms with E-state index in [0.29, 0.717) is 6.04 Å². The summed E-state index contributed by atoms with van der Waals surface area (Å²) in [6.07, 6.45) is 0. The molecule has 0 aliphatic carbocycles. The van der Waals surface area contributed by atoms with E-state index >= 15 is 0 Å². The number of aliphatic hydroxyl groups excluding tert-OH is 1. The van der Waals surface area contributed by atoms with Crippen LogP contribution in [-0.2, 0) is 0 Å². The maximum Gasteiger partial charge on any atom is 0.119 e. The number of ether oxygens (including phenoxy) is 1. The van der Waals surface area contributed by atoms with Crippen LogP contribution in [0.4, 0.5) is 0 Å². The summed E-state index contributed by atoms with van der Waals surface area (Å²) in [5.41, 5.74) is 2.37. The predicted octanol–water partition coefficient (Wildman–Crippen LogP) is 3.33. The molecule has 0 aliphatic rings. The number of aliphatic hydroxyl groups is 1. The van der Waals surface area contributed by atoms with Crippen molar-refractivity contribution in [1.82, 2.24) is 4.57 Å². The van der Waals surface area contributed by atoms with E-state index < -0.39 is 0 Å². The van der Waals surface area contributed by atoms with Gasteiger partial charge in [0, 0.05) is 28.6 Å². The smallest absolute Gasteiger partial charge is 0.119 e. The van der Waals surface area contributed by atoms with E-state index in [1.54, 1.807) is 7.11 Å². The highest BCUT2D eigenvalue weighted by Crippen LogP contribution is 2.31. The SMILES string of the molecule is COc1ccc2c(c1)cc(C(C)CO)n2C(C)C. The second-order valence-corrected chi connectivity index (χ2v) is 5.04. The van der Waals surface area contributed by atoms with Crippen LogP contribution in [0.2, 0.25) is 0 Å². The van der Waals surface area contributed by atoms with Crippen LogP contribution in [0.5, 0.6) is 5.75 Å². The van der Waals surface area contributed by atoms with E-state index in [9.17, 15) is 5.11 Å². The Labute approximate surface area is 108 Å². The molecule has 98 valence electrons. The van der Waals surface area contributed by atoms with E-state index in [2.05, 4.69) is 30.5 Å². The van der Waals surface area contributed by atoms with E-state index in [-0.39, 0.29) is 12.5 Å². The third kappa shape index (κ3) is 2.10. The van der Waals surface area contributed by atoms with Gasteiger partial charge in [0.15, 0.2) is 0 Å². The Bertz CT molecular complexity index is 543. The number of benzene rings is 1. The van der Waals surface area contributed by atoms with Crippen molar-refractivity contribution in [3.8, 4) is 5.75 Å². The van der Waals surface area contributed by atoms with E-state index in [4.69, 9.17) is 4.74 Å². The number of aromatic nitrogens is 1. The molecule has 0 saturated carbocycles. The quantitative estimate of drug-likeness (QED) is 0.899. The fourth-order valence-corrected chi connectivity index (χ4v) is 2.41. The zero-order chi connectivity index (χ0) is 13.3. The van der Waals surface area contributed by atoms with Gasteiger partial charge in [-0.05, 0) is 38.1 Å². The maximum absolute atomic E-state index is 9.38. The van der Waals surface area contributed by atoms with Crippen LogP contribution in [0, 0.1) is 0 Å². The van der Waals surface area contributed by atoms with Crippen LogP contribution in [0.3, 0.4) is 0 Å². The highest BCUT2D eigenvalue weighted by atomic mass is 16.5. The van der Waals surface area contributed by atoms with Crippen molar-refractivity contribution in [2.75, 3.05) is 13.7 Å². The number of rotatable bonds is 4. The summed E-state index contributed by atoms with van der Waals surface area (Å²) >= 11 is 0. The molecule has 0 spiro atoms. The van der Waals surface area contributed by atoms with Crippen LogP contribution < -0.4 is 4.74 Å². The number of hydrogen-bond donors (Lipinski definition) is 1. The minimum absolute atomic E-state index is 0.144. The third-order valence-corrected chi connectivity index (χ3v) is 3.37. The molecule has 1 aromatic heterocycles. The Morgan fingerprint density at radius 2 is 1.94 bits per heavy atom. The van der Waals surface area contributed by atoms with E-state index in [0.717, 1.165) is 5.75 Å². The summed E-state index contributed by atoms with van der Waals surface area (Å²) in [7, 11) is 1.68. The second kappa shape index (κ2) is 5.02. The largest absolute Gasteiger partial charge is 0.497 e. The first-order chi connectivity index (χ1) is 8.58. The van der Waals surface area contributed by atoms with Gasteiger partial charge in [-0.2, -0.15) is 0 Å². The molecule has 1 heterocycles. The van der Waals surface area contributed by atoms with Gasteiger partial charge in [0.2, 0.25) is 0 Å². The number of methoxy groups -OCH3 is 1. The lowest BCUT2D eigenvalue weighted by Gasteiger charge is -2.18. The molecule has 0 amide bonds. The van der Waals surface area contributed by atoms with Gasteiger partial charge in [0.05, 0.1) is 13.7 Å². The number of fused-ring (bicyclic) bond motifs is 1.